The SMILES string of the molecule is [c]1cnc2nnnnc2n1. The molecule has 1 radical (unpaired) electrons. The minimum atomic E-state index is 0.359. The molecule has 0 N–H and O–H groups in total. The van der Waals surface area contributed by atoms with E-state index in [0.29, 0.717) is 11.3 Å². The molecule has 0 atom stereocenters. The van der Waals surface area contributed by atoms with Crippen molar-refractivity contribution in [3.05, 3.63) is 12.4 Å². The van der Waals surface area contributed by atoms with Crippen molar-refractivity contribution in [2.24, 2.45) is 0 Å². The van der Waals surface area contributed by atoms with E-state index in [1.165, 1.54) is 6.20 Å². The largest absolute Gasteiger partial charge is 0.230 e. The van der Waals surface area contributed by atoms with Gasteiger partial charge in [0.2, 0.25) is 11.3 Å². The molecule has 0 amide bonds. The first-order chi connectivity index (χ1) is 4.97. The molecular formula is C4HN6. The maximum atomic E-state index is 3.79. The molecule has 47 valence electrons. The molecule has 2 rings (SSSR count). The minimum Gasteiger partial charge on any atom is -0.230 e. The van der Waals surface area contributed by atoms with E-state index in [1.807, 2.05) is 0 Å². The van der Waals surface area contributed by atoms with E-state index in [1.54, 1.807) is 0 Å². The van der Waals surface area contributed by atoms with Crippen LogP contribution in [0.25, 0.3) is 11.3 Å². The summed E-state index contributed by atoms with van der Waals surface area (Å²) in [5.41, 5.74) is 0.742. The van der Waals surface area contributed by atoms with Crippen LogP contribution < -0.4 is 0 Å². The van der Waals surface area contributed by atoms with Gasteiger partial charge in [-0.15, -0.1) is 10.2 Å². The molecular weight excluding hydrogens is 132 g/mol. The first-order valence-electron chi connectivity index (χ1n) is 2.51. The summed E-state index contributed by atoms with van der Waals surface area (Å²) in [7, 11) is 0. The topological polar surface area (TPSA) is 77.3 Å². The van der Waals surface area contributed by atoms with Crippen molar-refractivity contribution in [3.8, 4) is 0 Å². The van der Waals surface area contributed by atoms with Gasteiger partial charge in [0.05, 0.1) is 6.20 Å². The Kier molecular flexibility index (Phi) is 0.970. The smallest absolute Gasteiger partial charge is 0.224 e. The van der Waals surface area contributed by atoms with Crippen molar-refractivity contribution in [2.75, 3.05) is 0 Å². The summed E-state index contributed by atoms with van der Waals surface area (Å²) in [6.45, 7) is 0. The van der Waals surface area contributed by atoms with Gasteiger partial charge in [-0.3, -0.25) is 0 Å². The Hall–Kier alpha value is -1.72. The van der Waals surface area contributed by atoms with Crippen molar-refractivity contribution < 1.29 is 0 Å². The van der Waals surface area contributed by atoms with Gasteiger partial charge in [-0.1, -0.05) is 0 Å². The highest BCUT2D eigenvalue weighted by molar-refractivity contribution is 5.60. The van der Waals surface area contributed by atoms with Gasteiger partial charge in [0, 0.05) is 0 Å². The number of hydrogen-bond acceptors (Lipinski definition) is 6. The highest BCUT2D eigenvalue weighted by Gasteiger charge is 1.94. The Labute approximate surface area is 55.3 Å². The second-order valence-electron chi connectivity index (χ2n) is 1.53. The number of hydrogen-bond donors (Lipinski definition) is 0. The van der Waals surface area contributed by atoms with E-state index < -0.39 is 0 Å². The zero-order chi connectivity index (χ0) is 6.81. The van der Waals surface area contributed by atoms with Crippen LogP contribution in [0.15, 0.2) is 6.20 Å². The van der Waals surface area contributed by atoms with E-state index in [2.05, 4.69) is 36.8 Å². The van der Waals surface area contributed by atoms with Crippen molar-refractivity contribution in [1.29, 1.82) is 0 Å². The molecule has 0 bridgehead atoms. The van der Waals surface area contributed by atoms with Crippen LogP contribution in [0.2, 0.25) is 0 Å². The Morgan fingerprint density at radius 2 is 1.90 bits per heavy atom. The summed E-state index contributed by atoms with van der Waals surface area (Å²) in [5.74, 6) is 0. The summed E-state index contributed by atoms with van der Waals surface area (Å²) in [6.07, 6.45) is 3.91. The summed E-state index contributed by atoms with van der Waals surface area (Å²) >= 11 is 0. The molecule has 2 aromatic rings. The molecule has 6 heteroatoms. The summed E-state index contributed by atoms with van der Waals surface area (Å²) < 4.78 is 0. The third-order valence-electron chi connectivity index (χ3n) is 0.934. The number of aromatic nitrogens is 6. The fourth-order valence-corrected chi connectivity index (χ4v) is 0.550. The van der Waals surface area contributed by atoms with Crippen LogP contribution in [0.5, 0.6) is 0 Å². The van der Waals surface area contributed by atoms with Crippen LogP contribution in [0.1, 0.15) is 0 Å². The van der Waals surface area contributed by atoms with E-state index in [9.17, 15) is 0 Å². The molecule has 0 unspecified atom stereocenters. The lowest BCUT2D eigenvalue weighted by atomic mass is 10.7. The molecule has 2 aromatic heterocycles. The third kappa shape index (κ3) is 0.661. The predicted molar refractivity (Wildman–Crippen MR) is 29.6 cm³/mol. The van der Waals surface area contributed by atoms with Gasteiger partial charge in [0.15, 0.2) is 0 Å². The molecule has 0 saturated carbocycles. The van der Waals surface area contributed by atoms with Crippen molar-refractivity contribution >= 4 is 11.3 Å². The maximum absolute atomic E-state index is 3.79. The molecule has 0 aliphatic rings. The Bertz CT molecular complexity index is 281. The molecule has 6 nitrogen and oxygen atoms in total. The van der Waals surface area contributed by atoms with Gasteiger partial charge in [-0.05, 0) is 10.4 Å². The number of nitrogens with zero attached hydrogens (tertiary/aromatic N) is 6. The lowest BCUT2D eigenvalue weighted by molar-refractivity contribution is 0.782. The van der Waals surface area contributed by atoms with Crippen LogP contribution in [-0.4, -0.2) is 30.6 Å². The zero-order valence-electron chi connectivity index (χ0n) is 4.76. The van der Waals surface area contributed by atoms with E-state index in [-0.39, 0.29) is 0 Å². The van der Waals surface area contributed by atoms with E-state index >= 15 is 0 Å². The highest BCUT2D eigenvalue weighted by atomic mass is 15.4. The average molecular weight is 133 g/mol. The lowest BCUT2D eigenvalue weighted by Crippen LogP contribution is -1.95. The summed E-state index contributed by atoms with van der Waals surface area (Å²) in [4.78, 5) is 7.50. The predicted octanol–water partition coefficient (Wildman–Crippen LogP) is -0.990. The van der Waals surface area contributed by atoms with Crippen LogP contribution in [0.4, 0.5) is 0 Å². The minimum absolute atomic E-state index is 0.359. The first-order valence-corrected chi connectivity index (χ1v) is 2.51. The Morgan fingerprint density at radius 3 is 2.70 bits per heavy atom. The summed E-state index contributed by atoms with van der Waals surface area (Å²) in [6, 6.07) is 0. The third-order valence-corrected chi connectivity index (χ3v) is 0.934. The van der Waals surface area contributed by atoms with E-state index in [4.69, 9.17) is 0 Å². The fourth-order valence-electron chi connectivity index (χ4n) is 0.550. The van der Waals surface area contributed by atoms with Gasteiger partial charge in [-0.25, -0.2) is 9.97 Å². The highest BCUT2D eigenvalue weighted by Crippen LogP contribution is 1.92. The van der Waals surface area contributed by atoms with E-state index in [0.717, 1.165) is 0 Å². The standard InChI is InChI=1S/C4HN6/c1-2-6-4-3(5-1)7-9-10-8-4/h1H. The molecule has 0 aromatic carbocycles. The fraction of sp³-hybridized carbons (Fsp3) is 0. The first kappa shape index (κ1) is 5.10. The second kappa shape index (κ2) is 1.90. The molecule has 0 spiro atoms. The van der Waals surface area contributed by atoms with Crippen LogP contribution in [-0.2, 0) is 0 Å². The molecule has 0 aliphatic heterocycles. The van der Waals surface area contributed by atoms with Crippen molar-refractivity contribution in [3.63, 3.8) is 0 Å². The Morgan fingerprint density at radius 1 is 1.10 bits per heavy atom. The quantitative estimate of drug-likeness (QED) is 0.459. The van der Waals surface area contributed by atoms with Crippen molar-refractivity contribution in [1.82, 2.24) is 30.6 Å². The second-order valence-corrected chi connectivity index (χ2v) is 1.53. The molecule has 0 aliphatic carbocycles. The van der Waals surface area contributed by atoms with Crippen LogP contribution >= 0.6 is 0 Å². The lowest BCUT2D eigenvalue weighted by Gasteiger charge is -1.85. The van der Waals surface area contributed by atoms with Gasteiger partial charge in [-0.2, -0.15) is 0 Å². The van der Waals surface area contributed by atoms with Gasteiger partial charge in [0.25, 0.3) is 0 Å². The average Bonchev–Trinajstić information content (AvgIpc) is 2.05. The van der Waals surface area contributed by atoms with Crippen LogP contribution in [0.3, 0.4) is 0 Å². The monoisotopic (exact) mass is 133 g/mol. The van der Waals surface area contributed by atoms with Gasteiger partial charge in [0.1, 0.15) is 6.20 Å². The van der Waals surface area contributed by atoms with Gasteiger partial charge < -0.3 is 0 Å². The molecule has 0 fully saturated rings. The molecule has 10 heavy (non-hydrogen) atoms. The normalized spacial score (nSPS) is 10.0. The number of rotatable bonds is 0. The number of fused-ring (bicyclic) bond motifs is 1. The molecule has 0 saturated heterocycles. The van der Waals surface area contributed by atoms with Gasteiger partial charge >= 0.3 is 0 Å². The zero-order valence-corrected chi connectivity index (χ0v) is 4.76. The molecule has 2 heterocycles. The summed E-state index contributed by atoms with van der Waals surface area (Å²) in [5, 5.41) is 13.7. The van der Waals surface area contributed by atoms with Crippen molar-refractivity contribution in [2.45, 2.75) is 0 Å². The maximum Gasteiger partial charge on any atom is 0.224 e. The Balaban J connectivity index is 2.89. The van der Waals surface area contributed by atoms with Crippen LogP contribution in [0, 0.1) is 6.20 Å².